The highest BCUT2D eigenvalue weighted by Gasteiger charge is 2.03. The molecule has 0 aromatic heterocycles. The van der Waals surface area contributed by atoms with Crippen molar-refractivity contribution in [3.63, 3.8) is 0 Å². The molecule has 0 heterocycles. The molecule has 0 aliphatic heterocycles. The van der Waals surface area contributed by atoms with Crippen LogP contribution in [0.15, 0.2) is 0 Å². The van der Waals surface area contributed by atoms with Gasteiger partial charge < -0.3 is 5.32 Å². The Labute approximate surface area is 63.0 Å². The number of alkyl halides is 1. The fourth-order valence-electron chi connectivity index (χ4n) is 0.632. The van der Waals surface area contributed by atoms with Gasteiger partial charge in [-0.25, -0.2) is 0 Å². The Bertz CT molecular complexity index is 73.7. The van der Waals surface area contributed by atoms with E-state index in [9.17, 15) is 4.39 Å². The lowest BCUT2D eigenvalue weighted by Crippen LogP contribution is -2.31. The number of rotatable bonds is 5. The molecule has 1 nitrogen and oxygen atoms in total. The van der Waals surface area contributed by atoms with Crippen LogP contribution < -0.4 is 5.32 Å². The lowest BCUT2D eigenvalue weighted by molar-refractivity contribution is 0.398. The van der Waals surface area contributed by atoms with Crippen molar-refractivity contribution < 1.29 is 4.39 Å². The molecule has 1 atom stereocenters. The number of hydrogen-bond acceptors (Lipinski definition) is 1. The van der Waals surface area contributed by atoms with E-state index in [4.69, 9.17) is 0 Å². The van der Waals surface area contributed by atoms with E-state index >= 15 is 0 Å². The molecule has 0 aliphatic carbocycles. The second kappa shape index (κ2) is 5.66. The predicted molar refractivity (Wildman–Crippen MR) is 42.9 cm³/mol. The molecule has 0 fully saturated rings. The molecule has 0 aliphatic rings. The van der Waals surface area contributed by atoms with E-state index in [-0.39, 0.29) is 6.67 Å². The van der Waals surface area contributed by atoms with Gasteiger partial charge in [0.15, 0.2) is 0 Å². The van der Waals surface area contributed by atoms with Gasteiger partial charge in [0.2, 0.25) is 0 Å². The molecule has 62 valence electrons. The van der Waals surface area contributed by atoms with Crippen molar-refractivity contribution in [1.82, 2.24) is 5.32 Å². The average Bonchev–Trinajstić information content (AvgIpc) is 1.88. The van der Waals surface area contributed by atoms with E-state index in [1.54, 1.807) is 0 Å². The first-order chi connectivity index (χ1) is 4.68. The minimum absolute atomic E-state index is 0.211. The van der Waals surface area contributed by atoms with Crippen molar-refractivity contribution in [2.24, 2.45) is 5.92 Å². The SMILES string of the molecule is CC(C)C(C)NCCCF. The molecule has 1 unspecified atom stereocenters. The highest BCUT2D eigenvalue weighted by Crippen LogP contribution is 1.98. The molecule has 0 aromatic rings. The molecule has 0 saturated heterocycles. The van der Waals surface area contributed by atoms with Crippen molar-refractivity contribution in [2.45, 2.75) is 33.2 Å². The minimum Gasteiger partial charge on any atom is -0.314 e. The van der Waals surface area contributed by atoms with Gasteiger partial charge in [0, 0.05) is 6.04 Å². The van der Waals surface area contributed by atoms with Crippen LogP contribution in [0.2, 0.25) is 0 Å². The standard InChI is InChI=1S/C8H18FN/c1-7(2)8(3)10-6-4-5-9/h7-8,10H,4-6H2,1-3H3. The monoisotopic (exact) mass is 147 g/mol. The summed E-state index contributed by atoms with van der Waals surface area (Å²) in [7, 11) is 0. The molecule has 0 radical (unpaired) electrons. The molecule has 10 heavy (non-hydrogen) atoms. The Hall–Kier alpha value is -0.110. The summed E-state index contributed by atoms with van der Waals surface area (Å²) >= 11 is 0. The number of nitrogens with one attached hydrogen (secondary N) is 1. The molecule has 0 bridgehead atoms. The molecule has 2 heteroatoms. The summed E-state index contributed by atoms with van der Waals surface area (Å²) in [5.41, 5.74) is 0. The molecule has 0 spiro atoms. The summed E-state index contributed by atoms with van der Waals surface area (Å²) in [5.74, 6) is 0.639. The topological polar surface area (TPSA) is 12.0 Å². The van der Waals surface area contributed by atoms with Crippen molar-refractivity contribution in [3.8, 4) is 0 Å². The third kappa shape index (κ3) is 4.74. The summed E-state index contributed by atoms with van der Waals surface area (Å²) < 4.78 is 11.6. The number of hydrogen-bond donors (Lipinski definition) is 1. The van der Waals surface area contributed by atoms with E-state index in [1.807, 2.05) is 0 Å². The third-order valence-corrected chi connectivity index (χ3v) is 1.78. The van der Waals surface area contributed by atoms with E-state index in [0.29, 0.717) is 18.4 Å². The van der Waals surface area contributed by atoms with E-state index in [0.717, 1.165) is 6.54 Å². The van der Waals surface area contributed by atoms with Crippen molar-refractivity contribution >= 4 is 0 Å². The van der Waals surface area contributed by atoms with Gasteiger partial charge in [-0.1, -0.05) is 13.8 Å². The Balaban J connectivity index is 3.13. The van der Waals surface area contributed by atoms with Crippen LogP contribution in [0, 0.1) is 5.92 Å². The van der Waals surface area contributed by atoms with Gasteiger partial charge >= 0.3 is 0 Å². The maximum absolute atomic E-state index is 11.6. The molecule has 0 rings (SSSR count). The zero-order chi connectivity index (χ0) is 7.98. The van der Waals surface area contributed by atoms with Gasteiger partial charge in [0.1, 0.15) is 0 Å². The lowest BCUT2D eigenvalue weighted by atomic mass is 10.1. The summed E-state index contributed by atoms with van der Waals surface area (Å²) in [6.07, 6.45) is 0.636. The third-order valence-electron chi connectivity index (χ3n) is 1.78. The average molecular weight is 147 g/mol. The van der Waals surface area contributed by atoms with Crippen LogP contribution in [0.5, 0.6) is 0 Å². The second-order valence-corrected chi connectivity index (χ2v) is 3.03. The van der Waals surface area contributed by atoms with E-state index in [2.05, 4.69) is 26.1 Å². The van der Waals surface area contributed by atoms with Crippen LogP contribution in [0.25, 0.3) is 0 Å². The number of halogens is 1. The minimum atomic E-state index is -0.211. The Morgan fingerprint density at radius 3 is 2.30 bits per heavy atom. The van der Waals surface area contributed by atoms with Gasteiger partial charge in [-0.15, -0.1) is 0 Å². The first-order valence-corrected chi connectivity index (χ1v) is 3.97. The lowest BCUT2D eigenvalue weighted by Gasteiger charge is -2.16. The second-order valence-electron chi connectivity index (χ2n) is 3.03. The normalized spacial score (nSPS) is 14.1. The van der Waals surface area contributed by atoms with Gasteiger partial charge in [0.25, 0.3) is 0 Å². The molecule has 0 aromatic carbocycles. The van der Waals surface area contributed by atoms with Crippen molar-refractivity contribution in [2.75, 3.05) is 13.2 Å². The Morgan fingerprint density at radius 2 is 1.90 bits per heavy atom. The fourth-order valence-corrected chi connectivity index (χ4v) is 0.632. The van der Waals surface area contributed by atoms with Crippen molar-refractivity contribution in [3.05, 3.63) is 0 Å². The van der Waals surface area contributed by atoms with Crippen LogP contribution in [-0.4, -0.2) is 19.3 Å². The maximum atomic E-state index is 11.6. The van der Waals surface area contributed by atoms with Crippen LogP contribution in [0.4, 0.5) is 4.39 Å². The van der Waals surface area contributed by atoms with Crippen molar-refractivity contribution in [1.29, 1.82) is 0 Å². The van der Waals surface area contributed by atoms with Crippen LogP contribution in [0.1, 0.15) is 27.2 Å². The van der Waals surface area contributed by atoms with Gasteiger partial charge in [-0.3, -0.25) is 4.39 Å². The highest BCUT2D eigenvalue weighted by atomic mass is 19.1. The van der Waals surface area contributed by atoms with Gasteiger partial charge in [-0.05, 0) is 25.8 Å². The van der Waals surface area contributed by atoms with E-state index < -0.39 is 0 Å². The van der Waals surface area contributed by atoms with Crippen LogP contribution in [-0.2, 0) is 0 Å². The van der Waals surface area contributed by atoms with Crippen LogP contribution in [0.3, 0.4) is 0 Å². The quantitative estimate of drug-likeness (QED) is 0.586. The van der Waals surface area contributed by atoms with Crippen LogP contribution >= 0.6 is 0 Å². The summed E-state index contributed by atoms with van der Waals surface area (Å²) in [6, 6.07) is 0.506. The zero-order valence-corrected chi connectivity index (χ0v) is 7.15. The summed E-state index contributed by atoms with van der Waals surface area (Å²) in [6.45, 7) is 7.04. The molecule has 0 saturated carbocycles. The maximum Gasteiger partial charge on any atom is 0.0906 e. The largest absolute Gasteiger partial charge is 0.314 e. The Morgan fingerprint density at radius 1 is 1.30 bits per heavy atom. The Kier molecular flexibility index (Phi) is 5.60. The fraction of sp³-hybridized carbons (Fsp3) is 1.00. The summed E-state index contributed by atoms with van der Waals surface area (Å²) in [5, 5.41) is 3.24. The zero-order valence-electron chi connectivity index (χ0n) is 7.15. The molecular formula is C8H18FN. The summed E-state index contributed by atoms with van der Waals surface area (Å²) in [4.78, 5) is 0. The highest BCUT2D eigenvalue weighted by molar-refractivity contribution is 4.63. The first kappa shape index (κ1) is 9.89. The molecular weight excluding hydrogens is 129 g/mol. The smallest absolute Gasteiger partial charge is 0.0906 e. The molecule has 0 amide bonds. The molecule has 1 N–H and O–H groups in total. The first-order valence-electron chi connectivity index (χ1n) is 3.97. The predicted octanol–water partition coefficient (Wildman–Crippen LogP) is 1.98. The van der Waals surface area contributed by atoms with E-state index in [1.165, 1.54) is 0 Å². The van der Waals surface area contributed by atoms with Gasteiger partial charge in [0.05, 0.1) is 6.67 Å². The van der Waals surface area contributed by atoms with Gasteiger partial charge in [-0.2, -0.15) is 0 Å².